The Kier molecular flexibility index (Phi) is 7.13. The first-order valence-corrected chi connectivity index (χ1v) is 16.4. The Labute approximate surface area is 176 Å². The van der Waals surface area contributed by atoms with Gasteiger partial charge in [0.05, 0.1) is 0 Å². The summed E-state index contributed by atoms with van der Waals surface area (Å²) in [4.78, 5) is 13.3. The first-order valence-electron chi connectivity index (χ1n) is 9.47. The number of carbonyl (C=O) groups excluding carboxylic acids is 1. The molecule has 1 fully saturated rings. The van der Waals surface area contributed by atoms with E-state index in [2.05, 4.69) is 31.8 Å². The molecule has 8 heteroatoms. The van der Waals surface area contributed by atoms with E-state index in [1.807, 2.05) is 39.0 Å². The Balaban J connectivity index is 2.45. The Bertz CT molecular complexity index is 735. The summed E-state index contributed by atoms with van der Waals surface area (Å²) in [7, 11) is -2.60. The topological polar surface area (TPSA) is 61.8 Å². The predicted molar refractivity (Wildman–Crippen MR) is 117 cm³/mol. The molecule has 158 valence electrons. The van der Waals surface area contributed by atoms with Gasteiger partial charge in [-0.1, -0.05) is 0 Å². The first-order chi connectivity index (χ1) is 12.8. The summed E-state index contributed by atoms with van der Waals surface area (Å²) in [6, 6.07) is 10.4. The molecule has 2 rings (SSSR count). The van der Waals surface area contributed by atoms with Gasteiger partial charge in [-0.25, -0.2) is 0 Å². The molecular weight excluding hydrogens is 458 g/mol. The van der Waals surface area contributed by atoms with E-state index in [9.17, 15) is 9.36 Å². The molecule has 0 aliphatic heterocycles. The van der Waals surface area contributed by atoms with Crippen molar-refractivity contribution in [3.05, 3.63) is 30.3 Å². The molecular formula is C20H33O5PSeSi. The van der Waals surface area contributed by atoms with Crippen molar-refractivity contribution in [2.45, 2.75) is 62.0 Å². The maximum atomic E-state index is 13.5. The number of hydrogen-bond donors (Lipinski definition) is 0. The number of benzene rings is 1. The fourth-order valence-corrected chi connectivity index (χ4v) is 13.2. The van der Waals surface area contributed by atoms with Crippen molar-refractivity contribution in [2.75, 3.05) is 14.2 Å². The summed E-state index contributed by atoms with van der Waals surface area (Å²) in [6.07, 6.45) is 0.490. The van der Waals surface area contributed by atoms with Gasteiger partial charge >= 0.3 is 177 Å². The van der Waals surface area contributed by atoms with Crippen molar-refractivity contribution in [3.8, 4) is 0 Å². The summed E-state index contributed by atoms with van der Waals surface area (Å²) in [5, 5.41) is -1.20. The van der Waals surface area contributed by atoms with Gasteiger partial charge < -0.3 is 0 Å². The normalized spacial score (nSPS) is 23.9. The molecule has 1 aliphatic carbocycles. The van der Waals surface area contributed by atoms with Gasteiger partial charge in [0.2, 0.25) is 0 Å². The molecule has 1 aromatic carbocycles. The average molecular weight is 491 g/mol. The quantitative estimate of drug-likeness (QED) is 0.309. The molecule has 0 saturated heterocycles. The molecule has 0 radical (unpaired) electrons. The van der Waals surface area contributed by atoms with Crippen LogP contribution in [-0.4, -0.2) is 54.0 Å². The molecule has 1 saturated carbocycles. The summed E-state index contributed by atoms with van der Waals surface area (Å²) in [6.45, 7) is 12.4. The molecule has 3 atom stereocenters. The molecule has 1 aromatic rings. The van der Waals surface area contributed by atoms with Crippen LogP contribution in [-0.2, 0) is 23.1 Å². The molecule has 0 aromatic heterocycles. The van der Waals surface area contributed by atoms with Gasteiger partial charge in [0.25, 0.3) is 0 Å². The number of esters is 1. The summed E-state index contributed by atoms with van der Waals surface area (Å²) in [5.41, 5.74) is -0.664. The number of hydrogen-bond acceptors (Lipinski definition) is 5. The van der Waals surface area contributed by atoms with E-state index in [0.29, 0.717) is 10.9 Å². The molecule has 0 N–H and O–H groups in total. The van der Waals surface area contributed by atoms with Crippen molar-refractivity contribution in [2.24, 2.45) is 5.92 Å². The molecule has 28 heavy (non-hydrogen) atoms. The van der Waals surface area contributed by atoms with E-state index in [4.69, 9.17) is 13.8 Å². The van der Waals surface area contributed by atoms with Crippen LogP contribution >= 0.6 is 7.60 Å². The average Bonchev–Trinajstić information content (AvgIpc) is 3.34. The van der Waals surface area contributed by atoms with Gasteiger partial charge in [-0.3, -0.25) is 0 Å². The zero-order chi connectivity index (χ0) is 21.4. The minimum absolute atomic E-state index is 0.0556. The summed E-state index contributed by atoms with van der Waals surface area (Å²) in [5.74, 6) is -0.510. The Morgan fingerprint density at radius 2 is 1.71 bits per heavy atom. The van der Waals surface area contributed by atoms with E-state index < -0.39 is 32.4 Å². The maximum absolute atomic E-state index is 13.5. The van der Waals surface area contributed by atoms with Crippen LogP contribution in [0.2, 0.25) is 24.1 Å². The van der Waals surface area contributed by atoms with Crippen LogP contribution in [0.15, 0.2) is 30.3 Å². The third-order valence-corrected chi connectivity index (χ3v) is 17.1. The standard InChI is InChI=1S/C20H33O5PSeSi/c1-19(2,3)25-18(21)20(26(22,23-4)24-5)14-16(20)17(28(6,7)8)27-15-12-10-9-11-13-15/h9-13,16-17H,14H2,1-8H3/t16-,17?,20+/m1/s1. The van der Waals surface area contributed by atoms with Gasteiger partial charge in [0.1, 0.15) is 0 Å². The second kappa shape index (κ2) is 8.37. The monoisotopic (exact) mass is 492 g/mol. The van der Waals surface area contributed by atoms with Gasteiger partial charge in [-0.05, 0) is 0 Å². The summed E-state index contributed by atoms with van der Waals surface area (Å²) >= 11 is 0.159. The fraction of sp³-hybridized carbons (Fsp3) is 0.650. The van der Waals surface area contributed by atoms with Gasteiger partial charge in [0.15, 0.2) is 0 Å². The van der Waals surface area contributed by atoms with E-state index in [-0.39, 0.29) is 20.9 Å². The third-order valence-electron chi connectivity index (χ3n) is 4.93. The molecule has 1 aliphatic rings. The second-order valence-corrected chi connectivity index (χ2v) is 20.7. The van der Waals surface area contributed by atoms with Crippen molar-refractivity contribution in [1.29, 1.82) is 0 Å². The van der Waals surface area contributed by atoms with E-state index in [0.717, 1.165) is 0 Å². The van der Waals surface area contributed by atoms with E-state index >= 15 is 0 Å². The van der Waals surface area contributed by atoms with E-state index in [1.165, 1.54) is 18.7 Å². The zero-order valence-electron chi connectivity index (χ0n) is 18.1. The van der Waals surface area contributed by atoms with Crippen LogP contribution in [0.4, 0.5) is 0 Å². The van der Waals surface area contributed by atoms with Crippen LogP contribution in [0.25, 0.3) is 0 Å². The van der Waals surface area contributed by atoms with Crippen molar-refractivity contribution < 1.29 is 23.1 Å². The van der Waals surface area contributed by atoms with Gasteiger partial charge in [-0.15, -0.1) is 0 Å². The molecule has 0 heterocycles. The van der Waals surface area contributed by atoms with Crippen LogP contribution in [0.1, 0.15) is 27.2 Å². The molecule has 1 unspecified atom stereocenters. The molecule has 0 bridgehead atoms. The third kappa shape index (κ3) is 4.83. The Morgan fingerprint density at radius 1 is 1.18 bits per heavy atom. The van der Waals surface area contributed by atoms with Crippen LogP contribution < -0.4 is 4.46 Å². The van der Waals surface area contributed by atoms with Gasteiger partial charge in [0, 0.05) is 0 Å². The molecule has 5 nitrogen and oxygen atoms in total. The van der Waals surface area contributed by atoms with Crippen molar-refractivity contribution in [3.63, 3.8) is 0 Å². The number of rotatable bonds is 8. The molecule has 0 amide bonds. The zero-order valence-corrected chi connectivity index (χ0v) is 21.8. The van der Waals surface area contributed by atoms with E-state index in [1.54, 1.807) is 0 Å². The SMILES string of the molecule is COP(=O)(OC)[C@@]1(C(=O)OC(C)(C)C)C[C@@H]1C([Se]c1ccccc1)[Si](C)(C)C. The second-order valence-electron chi connectivity index (χ2n) is 9.32. The number of carbonyl (C=O) groups is 1. The Hall–Kier alpha value is -0.424. The van der Waals surface area contributed by atoms with Crippen LogP contribution in [0, 0.1) is 5.92 Å². The van der Waals surface area contributed by atoms with Crippen molar-refractivity contribution >= 4 is 41.1 Å². The van der Waals surface area contributed by atoms with Crippen LogP contribution in [0.5, 0.6) is 0 Å². The summed E-state index contributed by atoms with van der Waals surface area (Å²) < 4.78 is 31.5. The molecule has 0 spiro atoms. The minimum atomic E-state index is -3.64. The number of ether oxygens (including phenoxy) is 1. The first kappa shape index (κ1) is 23.9. The fourth-order valence-electron chi connectivity index (χ4n) is 3.57. The predicted octanol–water partition coefficient (Wildman–Crippen LogP) is 4.27. The Morgan fingerprint density at radius 3 is 2.14 bits per heavy atom. The van der Waals surface area contributed by atoms with Gasteiger partial charge in [-0.2, -0.15) is 0 Å². The van der Waals surface area contributed by atoms with Crippen LogP contribution in [0.3, 0.4) is 0 Å². The van der Waals surface area contributed by atoms with Crippen molar-refractivity contribution in [1.82, 2.24) is 0 Å².